The van der Waals surface area contributed by atoms with E-state index in [9.17, 15) is 0 Å². The zero-order valence-electron chi connectivity index (χ0n) is 9.97. The van der Waals surface area contributed by atoms with E-state index in [2.05, 4.69) is 23.8 Å². The van der Waals surface area contributed by atoms with Crippen LogP contribution in [0.2, 0.25) is 0 Å². The summed E-state index contributed by atoms with van der Waals surface area (Å²) in [7, 11) is 0. The summed E-state index contributed by atoms with van der Waals surface area (Å²) in [5.74, 6) is 1.98. The lowest BCUT2D eigenvalue weighted by atomic mass is 9.86. The molecule has 1 aromatic heterocycles. The van der Waals surface area contributed by atoms with Crippen molar-refractivity contribution in [2.24, 2.45) is 5.92 Å². The Bertz CT molecular complexity index is 308. The standard InChI is InChI=1S/C13H22N2/c1-3-12-13(15-10(2)14-12)9-11-7-5-4-6-8-11/h11H,3-9H2,1-2H3,(H,14,15). The van der Waals surface area contributed by atoms with Crippen LogP contribution in [0.5, 0.6) is 0 Å². The number of aromatic nitrogens is 2. The third kappa shape index (κ3) is 2.61. The normalized spacial score (nSPS) is 18.3. The van der Waals surface area contributed by atoms with Crippen LogP contribution in [0.3, 0.4) is 0 Å². The molecule has 0 saturated heterocycles. The highest BCUT2D eigenvalue weighted by Crippen LogP contribution is 2.27. The van der Waals surface area contributed by atoms with Crippen molar-refractivity contribution < 1.29 is 0 Å². The highest BCUT2D eigenvalue weighted by molar-refractivity contribution is 5.15. The SMILES string of the molecule is CCc1[nH]c(C)nc1CC1CCCCC1. The molecule has 2 rings (SSSR count). The molecular formula is C13H22N2. The van der Waals surface area contributed by atoms with Crippen molar-refractivity contribution in [2.45, 2.75) is 58.8 Å². The van der Waals surface area contributed by atoms with Crippen LogP contribution in [0, 0.1) is 12.8 Å². The lowest BCUT2D eigenvalue weighted by molar-refractivity contribution is 0.354. The van der Waals surface area contributed by atoms with E-state index in [0.717, 1.165) is 18.2 Å². The van der Waals surface area contributed by atoms with Gasteiger partial charge in [-0.3, -0.25) is 0 Å². The second-order valence-corrected chi connectivity index (χ2v) is 4.81. The minimum atomic E-state index is 0.895. The number of nitrogens with zero attached hydrogens (tertiary/aromatic N) is 1. The summed E-state index contributed by atoms with van der Waals surface area (Å²) in [6, 6.07) is 0. The molecule has 1 aromatic rings. The fourth-order valence-corrected chi connectivity index (χ4v) is 2.71. The van der Waals surface area contributed by atoms with Gasteiger partial charge in [-0.2, -0.15) is 0 Å². The first-order valence-electron chi connectivity index (χ1n) is 6.34. The Morgan fingerprint density at radius 2 is 2.00 bits per heavy atom. The van der Waals surface area contributed by atoms with Crippen molar-refractivity contribution in [3.63, 3.8) is 0 Å². The number of imidazole rings is 1. The van der Waals surface area contributed by atoms with Gasteiger partial charge in [0, 0.05) is 5.69 Å². The van der Waals surface area contributed by atoms with E-state index < -0.39 is 0 Å². The van der Waals surface area contributed by atoms with Crippen LogP contribution in [-0.2, 0) is 12.8 Å². The fraction of sp³-hybridized carbons (Fsp3) is 0.769. The van der Waals surface area contributed by atoms with E-state index in [-0.39, 0.29) is 0 Å². The highest BCUT2D eigenvalue weighted by Gasteiger charge is 2.17. The van der Waals surface area contributed by atoms with E-state index in [1.165, 1.54) is 49.9 Å². The molecule has 0 bridgehead atoms. The quantitative estimate of drug-likeness (QED) is 0.806. The summed E-state index contributed by atoms with van der Waals surface area (Å²) in [6.45, 7) is 4.26. The lowest BCUT2D eigenvalue weighted by Crippen LogP contribution is -2.10. The molecule has 84 valence electrons. The first-order chi connectivity index (χ1) is 7.29. The Morgan fingerprint density at radius 1 is 1.27 bits per heavy atom. The van der Waals surface area contributed by atoms with Gasteiger partial charge in [0.2, 0.25) is 0 Å². The lowest BCUT2D eigenvalue weighted by Gasteiger charge is -2.20. The van der Waals surface area contributed by atoms with E-state index in [4.69, 9.17) is 0 Å². The van der Waals surface area contributed by atoms with Gasteiger partial charge in [-0.25, -0.2) is 4.98 Å². The minimum absolute atomic E-state index is 0.895. The Hall–Kier alpha value is -0.790. The largest absolute Gasteiger partial charge is 0.346 e. The number of H-pyrrole nitrogens is 1. The molecule has 1 aliphatic rings. The molecule has 0 unspecified atom stereocenters. The van der Waals surface area contributed by atoms with Crippen molar-refractivity contribution >= 4 is 0 Å². The molecule has 2 nitrogen and oxygen atoms in total. The van der Waals surface area contributed by atoms with E-state index >= 15 is 0 Å². The number of hydrogen-bond donors (Lipinski definition) is 1. The van der Waals surface area contributed by atoms with E-state index in [0.29, 0.717) is 0 Å². The van der Waals surface area contributed by atoms with Gasteiger partial charge in [-0.15, -0.1) is 0 Å². The molecule has 0 spiro atoms. The van der Waals surface area contributed by atoms with Gasteiger partial charge < -0.3 is 4.98 Å². The van der Waals surface area contributed by atoms with Crippen molar-refractivity contribution in [1.82, 2.24) is 9.97 Å². The zero-order valence-corrected chi connectivity index (χ0v) is 9.97. The maximum absolute atomic E-state index is 4.62. The summed E-state index contributed by atoms with van der Waals surface area (Å²) < 4.78 is 0. The molecule has 1 aliphatic carbocycles. The van der Waals surface area contributed by atoms with Crippen molar-refractivity contribution in [1.29, 1.82) is 0 Å². The van der Waals surface area contributed by atoms with Crippen molar-refractivity contribution in [2.75, 3.05) is 0 Å². The predicted octanol–water partition coefficient (Wildman–Crippen LogP) is 3.40. The van der Waals surface area contributed by atoms with Gasteiger partial charge in [0.1, 0.15) is 5.82 Å². The second kappa shape index (κ2) is 4.82. The van der Waals surface area contributed by atoms with Crippen LogP contribution in [0.4, 0.5) is 0 Å². The van der Waals surface area contributed by atoms with Crippen LogP contribution in [0.15, 0.2) is 0 Å². The Labute approximate surface area is 92.5 Å². The smallest absolute Gasteiger partial charge is 0.103 e. The summed E-state index contributed by atoms with van der Waals surface area (Å²) in [4.78, 5) is 7.99. The molecule has 0 aromatic carbocycles. The molecule has 0 amide bonds. The molecule has 0 aliphatic heterocycles. The number of rotatable bonds is 3. The molecule has 15 heavy (non-hydrogen) atoms. The molecule has 1 fully saturated rings. The van der Waals surface area contributed by atoms with Gasteiger partial charge in [-0.1, -0.05) is 39.0 Å². The Kier molecular flexibility index (Phi) is 3.45. The topological polar surface area (TPSA) is 28.7 Å². The van der Waals surface area contributed by atoms with Crippen LogP contribution in [0.1, 0.15) is 56.2 Å². The summed E-state index contributed by atoms with van der Waals surface area (Å²) in [5, 5.41) is 0. The molecule has 0 radical (unpaired) electrons. The first kappa shape index (κ1) is 10.7. The summed E-state index contributed by atoms with van der Waals surface area (Å²) >= 11 is 0. The molecule has 1 N–H and O–H groups in total. The predicted molar refractivity (Wildman–Crippen MR) is 63.0 cm³/mol. The average molecular weight is 206 g/mol. The van der Waals surface area contributed by atoms with Gasteiger partial charge in [-0.05, 0) is 25.7 Å². The fourth-order valence-electron chi connectivity index (χ4n) is 2.71. The zero-order chi connectivity index (χ0) is 10.7. The van der Waals surface area contributed by atoms with Crippen LogP contribution < -0.4 is 0 Å². The van der Waals surface area contributed by atoms with Crippen LogP contribution >= 0.6 is 0 Å². The van der Waals surface area contributed by atoms with Crippen LogP contribution in [-0.4, -0.2) is 9.97 Å². The molecule has 1 heterocycles. The number of aromatic amines is 1. The molecule has 1 saturated carbocycles. The maximum Gasteiger partial charge on any atom is 0.103 e. The number of nitrogens with one attached hydrogen (secondary N) is 1. The average Bonchev–Trinajstić information content (AvgIpc) is 2.60. The molecule has 0 atom stereocenters. The van der Waals surface area contributed by atoms with E-state index in [1.54, 1.807) is 0 Å². The monoisotopic (exact) mass is 206 g/mol. The van der Waals surface area contributed by atoms with Gasteiger partial charge in [0.05, 0.1) is 5.69 Å². The van der Waals surface area contributed by atoms with Crippen molar-refractivity contribution in [3.8, 4) is 0 Å². The molecule has 2 heteroatoms. The minimum Gasteiger partial charge on any atom is -0.346 e. The van der Waals surface area contributed by atoms with E-state index in [1.807, 2.05) is 0 Å². The third-order valence-corrected chi connectivity index (χ3v) is 3.54. The van der Waals surface area contributed by atoms with Crippen LogP contribution in [0.25, 0.3) is 0 Å². The number of hydrogen-bond acceptors (Lipinski definition) is 1. The van der Waals surface area contributed by atoms with Gasteiger partial charge in [0.25, 0.3) is 0 Å². The van der Waals surface area contributed by atoms with Crippen molar-refractivity contribution in [3.05, 3.63) is 17.2 Å². The number of aryl methyl sites for hydroxylation is 2. The molecular weight excluding hydrogens is 184 g/mol. The maximum atomic E-state index is 4.62. The summed E-state index contributed by atoms with van der Waals surface area (Å²) in [6.07, 6.45) is 9.41. The Morgan fingerprint density at radius 3 is 2.67 bits per heavy atom. The highest BCUT2D eigenvalue weighted by atomic mass is 14.9. The Balaban J connectivity index is 2.02. The van der Waals surface area contributed by atoms with Gasteiger partial charge >= 0.3 is 0 Å². The first-order valence-corrected chi connectivity index (χ1v) is 6.34. The summed E-state index contributed by atoms with van der Waals surface area (Å²) in [5.41, 5.74) is 2.69. The van der Waals surface area contributed by atoms with Gasteiger partial charge in [0.15, 0.2) is 0 Å². The third-order valence-electron chi connectivity index (χ3n) is 3.54. The second-order valence-electron chi connectivity index (χ2n) is 4.81.